The summed E-state index contributed by atoms with van der Waals surface area (Å²) in [5, 5.41) is 2.67. The molecule has 0 saturated heterocycles. The van der Waals surface area contributed by atoms with Crippen LogP contribution < -0.4 is 14.8 Å². The molecule has 0 spiro atoms. The first kappa shape index (κ1) is 19.3. The lowest BCUT2D eigenvalue weighted by Gasteiger charge is -2.11. The number of carbonyl (C=O) groups is 2. The number of carbonyl (C=O) groups excluding carboxylic acids is 2. The minimum atomic E-state index is -0.569. The first-order chi connectivity index (χ1) is 12.6. The summed E-state index contributed by atoms with van der Waals surface area (Å²) in [5.74, 6) is 0.250. The molecule has 6 heteroatoms. The molecule has 0 aliphatic rings. The van der Waals surface area contributed by atoms with Gasteiger partial charge in [-0.2, -0.15) is 0 Å². The first-order valence-corrected chi connectivity index (χ1v) is 8.55. The molecule has 0 aliphatic carbocycles. The van der Waals surface area contributed by atoms with Crippen LogP contribution in [0.4, 0.5) is 5.69 Å². The fourth-order valence-corrected chi connectivity index (χ4v) is 2.16. The highest BCUT2D eigenvalue weighted by atomic mass is 16.5. The fourth-order valence-electron chi connectivity index (χ4n) is 2.16. The molecule has 0 heterocycles. The van der Waals surface area contributed by atoms with Crippen molar-refractivity contribution >= 4 is 17.6 Å². The number of hydrogen-bond donors (Lipinski definition) is 1. The third kappa shape index (κ3) is 5.81. The quantitative estimate of drug-likeness (QED) is 0.693. The van der Waals surface area contributed by atoms with Crippen molar-refractivity contribution in [2.24, 2.45) is 0 Å². The molecule has 26 heavy (non-hydrogen) atoms. The molecule has 0 atom stereocenters. The number of esters is 1. The fraction of sp³-hybridized carbons (Fsp3) is 0.300. The average Bonchev–Trinajstić information content (AvgIpc) is 2.66. The minimum absolute atomic E-state index is 0.358. The lowest BCUT2D eigenvalue weighted by atomic mass is 10.2. The van der Waals surface area contributed by atoms with E-state index in [9.17, 15) is 9.59 Å². The van der Waals surface area contributed by atoms with Crippen molar-refractivity contribution in [3.63, 3.8) is 0 Å². The summed E-state index contributed by atoms with van der Waals surface area (Å²) < 4.78 is 15.9. The zero-order valence-electron chi connectivity index (χ0n) is 15.0. The summed E-state index contributed by atoms with van der Waals surface area (Å²) >= 11 is 0. The highest BCUT2D eigenvalue weighted by Crippen LogP contribution is 2.23. The van der Waals surface area contributed by atoms with Crippen LogP contribution in [0.15, 0.2) is 48.5 Å². The number of ether oxygens (including phenoxy) is 3. The van der Waals surface area contributed by atoms with Crippen LogP contribution >= 0.6 is 0 Å². The second-order valence-electron chi connectivity index (χ2n) is 5.43. The largest absolute Gasteiger partial charge is 0.494 e. The Morgan fingerprint density at radius 1 is 0.962 bits per heavy atom. The molecule has 0 radical (unpaired) electrons. The van der Waals surface area contributed by atoms with E-state index in [0.29, 0.717) is 36.0 Å². The molecule has 1 N–H and O–H groups in total. The van der Waals surface area contributed by atoms with E-state index in [0.717, 1.165) is 6.42 Å². The van der Waals surface area contributed by atoms with Crippen LogP contribution in [0.5, 0.6) is 11.5 Å². The second-order valence-corrected chi connectivity index (χ2v) is 5.43. The number of hydrogen-bond acceptors (Lipinski definition) is 5. The molecular formula is C20H23NO5. The SMILES string of the molecule is CCCOc1ccc(C(=O)OCC(=O)Nc2ccccc2OCC)cc1. The van der Waals surface area contributed by atoms with Crippen LogP contribution in [0.3, 0.4) is 0 Å². The van der Waals surface area contributed by atoms with E-state index in [1.165, 1.54) is 0 Å². The molecule has 0 aliphatic heterocycles. The maximum atomic E-state index is 12.0. The predicted octanol–water partition coefficient (Wildman–Crippen LogP) is 3.67. The van der Waals surface area contributed by atoms with Crippen molar-refractivity contribution in [1.29, 1.82) is 0 Å². The Labute approximate surface area is 153 Å². The Morgan fingerprint density at radius 3 is 2.38 bits per heavy atom. The standard InChI is InChI=1S/C20H23NO5/c1-3-13-25-16-11-9-15(10-12-16)20(23)26-14-19(22)21-17-7-5-6-8-18(17)24-4-2/h5-12H,3-4,13-14H2,1-2H3,(H,21,22). The van der Waals surface area contributed by atoms with Gasteiger partial charge in [-0.25, -0.2) is 4.79 Å². The molecule has 2 aromatic carbocycles. The van der Waals surface area contributed by atoms with Gasteiger partial charge < -0.3 is 19.5 Å². The van der Waals surface area contributed by atoms with Crippen molar-refractivity contribution < 1.29 is 23.8 Å². The lowest BCUT2D eigenvalue weighted by Crippen LogP contribution is -2.21. The summed E-state index contributed by atoms with van der Waals surface area (Å²) in [6.45, 7) is 4.60. The molecule has 6 nitrogen and oxygen atoms in total. The third-order valence-corrected chi connectivity index (χ3v) is 3.36. The van der Waals surface area contributed by atoms with Gasteiger partial charge in [-0.3, -0.25) is 4.79 Å². The van der Waals surface area contributed by atoms with Crippen LogP contribution in [0, 0.1) is 0 Å². The Balaban J connectivity index is 1.86. The van der Waals surface area contributed by atoms with Crippen LogP contribution in [-0.4, -0.2) is 31.7 Å². The summed E-state index contributed by atoms with van der Waals surface area (Å²) in [7, 11) is 0. The zero-order valence-corrected chi connectivity index (χ0v) is 15.0. The van der Waals surface area contributed by atoms with Gasteiger partial charge in [0.25, 0.3) is 5.91 Å². The van der Waals surface area contributed by atoms with Gasteiger partial charge in [0.05, 0.1) is 24.5 Å². The van der Waals surface area contributed by atoms with Gasteiger partial charge in [0.15, 0.2) is 6.61 Å². The molecule has 2 rings (SSSR count). The number of nitrogens with one attached hydrogen (secondary N) is 1. The van der Waals surface area contributed by atoms with Gasteiger partial charge in [0.2, 0.25) is 0 Å². The Bertz CT molecular complexity index is 727. The van der Waals surface area contributed by atoms with Gasteiger partial charge in [0, 0.05) is 0 Å². The van der Waals surface area contributed by atoms with Gasteiger partial charge in [-0.1, -0.05) is 19.1 Å². The zero-order chi connectivity index (χ0) is 18.8. The Kier molecular flexibility index (Phi) is 7.49. The molecule has 0 bridgehead atoms. The van der Waals surface area contributed by atoms with E-state index in [1.807, 2.05) is 19.9 Å². The molecule has 0 aromatic heterocycles. The van der Waals surface area contributed by atoms with Gasteiger partial charge >= 0.3 is 5.97 Å². The molecule has 0 saturated carbocycles. The summed E-state index contributed by atoms with van der Waals surface area (Å²) in [6, 6.07) is 13.7. The van der Waals surface area contributed by atoms with E-state index < -0.39 is 11.9 Å². The lowest BCUT2D eigenvalue weighted by molar-refractivity contribution is -0.119. The Hall–Kier alpha value is -3.02. The van der Waals surface area contributed by atoms with Crippen molar-refractivity contribution in [1.82, 2.24) is 0 Å². The molecule has 138 valence electrons. The molecular weight excluding hydrogens is 334 g/mol. The smallest absolute Gasteiger partial charge is 0.338 e. The van der Waals surface area contributed by atoms with Gasteiger partial charge in [-0.15, -0.1) is 0 Å². The predicted molar refractivity (Wildman–Crippen MR) is 98.8 cm³/mol. The van der Waals surface area contributed by atoms with E-state index in [2.05, 4.69) is 5.32 Å². The molecule has 2 aromatic rings. The van der Waals surface area contributed by atoms with Crippen LogP contribution in [-0.2, 0) is 9.53 Å². The molecule has 0 unspecified atom stereocenters. The first-order valence-electron chi connectivity index (χ1n) is 8.55. The van der Waals surface area contributed by atoms with Crippen LogP contribution in [0.1, 0.15) is 30.6 Å². The third-order valence-electron chi connectivity index (χ3n) is 3.36. The number of para-hydroxylation sites is 2. The maximum absolute atomic E-state index is 12.0. The minimum Gasteiger partial charge on any atom is -0.494 e. The van der Waals surface area contributed by atoms with Crippen molar-refractivity contribution in [2.45, 2.75) is 20.3 Å². The number of rotatable bonds is 9. The van der Waals surface area contributed by atoms with Crippen molar-refractivity contribution in [2.75, 3.05) is 25.1 Å². The highest BCUT2D eigenvalue weighted by molar-refractivity contribution is 5.96. The Morgan fingerprint density at radius 2 is 1.69 bits per heavy atom. The number of benzene rings is 2. The van der Waals surface area contributed by atoms with Gasteiger partial charge in [0.1, 0.15) is 11.5 Å². The van der Waals surface area contributed by atoms with E-state index in [-0.39, 0.29) is 6.61 Å². The van der Waals surface area contributed by atoms with Crippen LogP contribution in [0.25, 0.3) is 0 Å². The maximum Gasteiger partial charge on any atom is 0.338 e. The van der Waals surface area contributed by atoms with Crippen LogP contribution in [0.2, 0.25) is 0 Å². The monoisotopic (exact) mass is 357 g/mol. The van der Waals surface area contributed by atoms with Crippen molar-refractivity contribution in [3.05, 3.63) is 54.1 Å². The van der Waals surface area contributed by atoms with E-state index in [1.54, 1.807) is 42.5 Å². The topological polar surface area (TPSA) is 73.9 Å². The normalized spacial score (nSPS) is 10.1. The average molecular weight is 357 g/mol. The highest BCUT2D eigenvalue weighted by Gasteiger charge is 2.12. The molecule has 1 amide bonds. The van der Waals surface area contributed by atoms with E-state index >= 15 is 0 Å². The van der Waals surface area contributed by atoms with Crippen molar-refractivity contribution in [3.8, 4) is 11.5 Å². The van der Waals surface area contributed by atoms with Gasteiger partial charge in [-0.05, 0) is 49.7 Å². The van der Waals surface area contributed by atoms with E-state index in [4.69, 9.17) is 14.2 Å². The number of anilines is 1. The second kappa shape index (κ2) is 10.1. The molecule has 0 fully saturated rings. The summed E-state index contributed by atoms with van der Waals surface area (Å²) in [6.07, 6.45) is 0.908. The number of amides is 1. The summed E-state index contributed by atoms with van der Waals surface area (Å²) in [5.41, 5.74) is 0.893. The summed E-state index contributed by atoms with van der Waals surface area (Å²) in [4.78, 5) is 24.0.